The average Bonchev–Trinajstić information content (AvgIpc) is 3.20. The first-order valence-corrected chi connectivity index (χ1v) is 16.5. The maximum Gasteiger partial charge on any atom is 0.0775 e. The van der Waals surface area contributed by atoms with E-state index in [4.69, 9.17) is 0 Å². The highest BCUT2D eigenvalue weighted by atomic mass is 28.3. The van der Waals surface area contributed by atoms with E-state index in [1.54, 1.807) is 0 Å². The van der Waals surface area contributed by atoms with E-state index >= 15 is 0 Å². The van der Waals surface area contributed by atoms with Crippen LogP contribution in [0.25, 0.3) is 49.4 Å². The van der Waals surface area contributed by atoms with E-state index in [2.05, 4.69) is 135 Å². The van der Waals surface area contributed by atoms with Gasteiger partial charge in [-0.2, -0.15) is 0 Å². The molecule has 1 aliphatic carbocycles. The van der Waals surface area contributed by atoms with Gasteiger partial charge in [0, 0.05) is 27.4 Å². The molecule has 0 N–H and O–H groups in total. The third kappa shape index (κ3) is 2.82. The lowest BCUT2D eigenvalue weighted by Gasteiger charge is -2.35. The summed E-state index contributed by atoms with van der Waals surface area (Å²) in [5.74, 6) is 0. The SMILES string of the molecule is CC1(C)c2ccccc2-c2c3c1cccc3cc1c2c2ccccc2n1-c1ccc([Si](C)(C)C)cc1. The fourth-order valence-corrected chi connectivity index (χ4v) is 7.64. The molecular weight excluding hydrogens is 450 g/mol. The minimum absolute atomic E-state index is 0.0399. The molecule has 0 bridgehead atoms. The van der Waals surface area contributed by atoms with Crippen LogP contribution in [0.3, 0.4) is 0 Å². The molecule has 0 saturated heterocycles. The summed E-state index contributed by atoms with van der Waals surface area (Å²) in [5, 5.41) is 6.91. The van der Waals surface area contributed by atoms with Crippen LogP contribution in [0.2, 0.25) is 19.6 Å². The number of benzene rings is 5. The predicted molar refractivity (Wildman–Crippen MR) is 159 cm³/mol. The van der Waals surface area contributed by atoms with Gasteiger partial charge < -0.3 is 4.57 Å². The van der Waals surface area contributed by atoms with Gasteiger partial charge in [0.1, 0.15) is 0 Å². The summed E-state index contributed by atoms with van der Waals surface area (Å²) in [7, 11) is -1.36. The highest BCUT2D eigenvalue weighted by molar-refractivity contribution is 6.88. The van der Waals surface area contributed by atoms with E-state index in [9.17, 15) is 0 Å². The van der Waals surface area contributed by atoms with Crippen molar-refractivity contribution in [2.75, 3.05) is 0 Å². The molecule has 7 rings (SSSR count). The number of para-hydroxylation sites is 1. The Balaban J connectivity index is 1.68. The number of nitrogens with zero attached hydrogens (tertiary/aromatic N) is 1. The van der Waals surface area contributed by atoms with Crippen molar-refractivity contribution in [1.29, 1.82) is 0 Å². The van der Waals surface area contributed by atoms with Crippen LogP contribution in [0.4, 0.5) is 0 Å². The quantitative estimate of drug-likeness (QED) is 0.218. The van der Waals surface area contributed by atoms with Crippen LogP contribution >= 0.6 is 0 Å². The third-order valence-corrected chi connectivity index (χ3v) is 10.4. The van der Waals surface area contributed by atoms with Gasteiger partial charge in [0.05, 0.1) is 19.1 Å². The van der Waals surface area contributed by atoms with E-state index in [1.165, 1.54) is 65.7 Å². The van der Waals surface area contributed by atoms with E-state index in [1.807, 2.05) is 0 Å². The number of aromatic nitrogens is 1. The summed E-state index contributed by atoms with van der Waals surface area (Å²) >= 11 is 0. The molecular formula is C34H31NSi. The lowest BCUT2D eigenvalue weighted by molar-refractivity contribution is 0.645. The molecule has 2 heteroatoms. The molecule has 176 valence electrons. The predicted octanol–water partition coefficient (Wildman–Crippen LogP) is 8.79. The summed E-state index contributed by atoms with van der Waals surface area (Å²) in [4.78, 5) is 0. The molecule has 0 amide bonds. The Bertz CT molecular complexity index is 1830. The number of hydrogen-bond donors (Lipinski definition) is 0. The first kappa shape index (κ1) is 21.6. The van der Waals surface area contributed by atoms with Crippen molar-refractivity contribution in [3.05, 3.63) is 108 Å². The fourth-order valence-electron chi connectivity index (χ4n) is 6.47. The summed E-state index contributed by atoms with van der Waals surface area (Å²) < 4.78 is 2.48. The first-order valence-electron chi connectivity index (χ1n) is 13.0. The van der Waals surface area contributed by atoms with Crippen molar-refractivity contribution in [2.45, 2.75) is 38.9 Å². The maximum absolute atomic E-state index is 2.48. The molecule has 1 aromatic heterocycles. The highest BCUT2D eigenvalue weighted by Crippen LogP contribution is 2.52. The normalized spacial score (nSPS) is 14.5. The summed E-state index contributed by atoms with van der Waals surface area (Å²) in [6.07, 6.45) is 0. The minimum atomic E-state index is -1.36. The van der Waals surface area contributed by atoms with Crippen molar-refractivity contribution in [1.82, 2.24) is 4.57 Å². The molecule has 0 radical (unpaired) electrons. The van der Waals surface area contributed by atoms with Crippen LogP contribution in [0.15, 0.2) is 97.1 Å². The zero-order valence-corrected chi connectivity index (χ0v) is 22.7. The van der Waals surface area contributed by atoms with Gasteiger partial charge in [-0.25, -0.2) is 0 Å². The summed E-state index contributed by atoms with van der Waals surface area (Å²) in [6, 6.07) is 36.6. The van der Waals surface area contributed by atoms with Crippen molar-refractivity contribution < 1.29 is 0 Å². The van der Waals surface area contributed by atoms with Gasteiger partial charge in [0.15, 0.2) is 0 Å². The van der Waals surface area contributed by atoms with Crippen molar-refractivity contribution in [3.8, 4) is 16.8 Å². The smallest absolute Gasteiger partial charge is 0.0775 e. The Hall–Kier alpha value is -3.62. The fraction of sp³-hybridized carbons (Fsp3) is 0.176. The third-order valence-electron chi connectivity index (χ3n) is 8.33. The molecule has 0 spiro atoms. The highest BCUT2D eigenvalue weighted by Gasteiger charge is 2.35. The second-order valence-electron chi connectivity index (χ2n) is 11.9. The number of hydrogen-bond acceptors (Lipinski definition) is 0. The van der Waals surface area contributed by atoms with Crippen molar-refractivity contribution in [3.63, 3.8) is 0 Å². The summed E-state index contributed by atoms with van der Waals surface area (Å²) in [5.41, 5.74) is 9.34. The summed E-state index contributed by atoms with van der Waals surface area (Å²) in [6.45, 7) is 12.0. The van der Waals surface area contributed by atoms with Gasteiger partial charge in [-0.05, 0) is 51.7 Å². The van der Waals surface area contributed by atoms with E-state index in [-0.39, 0.29) is 5.41 Å². The van der Waals surface area contributed by atoms with Crippen LogP contribution in [0.5, 0.6) is 0 Å². The Morgan fingerprint density at radius 3 is 2.11 bits per heavy atom. The number of fused-ring (bicyclic) bond motifs is 6. The van der Waals surface area contributed by atoms with Gasteiger partial charge in [-0.1, -0.05) is 111 Å². The molecule has 0 aliphatic heterocycles. The molecule has 0 unspecified atom stereocenters. The van der Waals surface area contributed by atoms with Gasteiger partial charge in [-0.3, -0.25) is 0 Å². The largest absolute Gasteiger partial charge is 0.309 e. The molecule has 1 heterocycles. The van der Waals surface area contributed by atoms with Crippen LogP contribution in [-0.4, -0.2) is 12.6 Å². The minimum Gasteiger partial charge on any atom is -0.309 e. The van der Waals surface area contributed by atoms with Gasteiger partial charge in [-0.15, -0.1) is 0 Å². The zero-order valence-electron chi connectivity index (χ0n) is 21.7. The van der Waals surface area contributed by atoms with Gasteiger partial charge >= 0.3 is 0 Å². The van der Waals surface area contributed by atoms with E-state index in [0.717, 1.165) is 0 Å². The molecule has 0 fully saturated rings. The van der Waals surface area contributed by atoms with Crippen LogP contribution in [0, 0.1) is 0 Å². The first-order chi connectivity index (χ1) is 17.3. The molecule has 1 nitrogen and oxygen atoms in total. The molecule has 5 aromatic carbocycles. The standard InChI is InChI=1S/C34H31NSi/c1-34(2)27-14-8-6-12-25(27)33-31-22(11-10-15-28(31)34)21-30-32(33)26-13-7-9-16-29(26)35(30)23-17-19-24(20-18-23)36(3,4)5/h6-21H,1-5H3. The lowest BCUT2D eigenvalue weighted by Crippen LogP contribution is -2.37. The maximum atomic E-state index is 2.48. The molecule has 1 aliphatic rings. The van der Waals surface area contributed by atoms with Crippen LogP contribution in [-0.2, 0) is 5.41 Å². The molecule has 36 heavy (non-hydrogen) atoms. The van der Waals surface area contributed by atoms with Crippen molar-refractivity contribution in [2.24, 2.45) is 0 Å². The molecule has 0 saturated carbocycles. The average molecular weight is 482 g/mol. The Labute approximate surface area is 214 Å². The van der Waals surface area contributed by atoms with E-state index < -0.39 is 8.07 Å². The van der Waals surface area contributed by atoms with Crippen LogP contribution < -0.4 is 5.19 Å². The van der Waals surface area contributed by atoms with Gasteiger partial charge in [0.2, 0.25) is 0 Å². The van der Waals surface area contributed by atoms with Crippen LogP contribution in [0.1, 0.15) is 25.0 Å². The van der Waals surface area contributed by atoms with Gasteiger partial charge in [0.25, 0.3) is 0 Å². The Morgan fingerprint density at radius 1 is 0.639 bits per heavy atom. The monoisotopic (exact) mass is 481 g/mol. The molecule has 0 atom stereocenters. The second-order valence-corrected chi connectivity index (χ2v) is 16.9. The lowest BCUT2D eigenvalue weighted by atomic mass is 9.68. The van der Waals surface area contributed by atoms with Crippen molar-refractivity contribution >= 4 is 45.8 Å². The topological polar surface area (TPSA) is 4.93 Å². The zero-order chi connectivity index (χ0) is 24.8. The Kier molecular flexibility index (Phi) is 4.33. The number of rotatable bonds is 2. The molecule has 6 aromatic rings. The Morgan fingerprint density at radius 2 is 1.33 bits per heavy atom. The van der Waals surface area contributed by atoms with E-state index in [0.29, 0.717) is 0 Å². The second kappa shape index (κ2) is 7.21.